The Bertz CT molecular complexity index is 377. The van der Waals surface area contributed by atoms with Crippen molar-refractivity contribution in [3.05, 3.63) is 47.1 Å². The first-order valence-corrected chi connectivity index (χ1v) is 5.90. The monoisotopic (exact) mass is 200 g/mol. The average Bonchev–Trinajstić information content (AvgIpc) is 2.38. The van der Waals surface area contributed by atoms with E-state index < -0.39 is 0 Å². The van der Waals surface area contributed by atoms with Crippen molar-refractivity contribution in [2.45, 2.75) is 33.6 Å². The molecule has 0 amide bonds. The number of rotatable bonds is 1. The van der Waals surface area contributed by atoms with Crippen LogP contribution in [0.4, 0.5) is 0 Å². The highest BCUT2D eigenvalue weighted by Gasteiger charge is 2.26. The molecule has 0 aliphatic heterocycles. The van der Waals surface area contributed by atoms with Crippen LogP contribution in [0, 0.1) is 11.8 Å². The topological polar surface area (TPSA) is 0 Å². The van der Waals surface area contributed by atoms with Gasteiger partial charge in [0.15, 0.2) is 0 Å². The van der Waals surface area contributed by atoms with E-state index >= 15 is 0 Å². The van der Waals surface area contributed by atoms with Crippen molar-refractivity contribution in [2.75, 3.05) is 0 Å². The van der Waals surface area contributed by atoms with Crippen molar-refractivity contribution in [2.24, 2.45) is 11.8 Å². The Morgan fingerprint density at radius 2 is 2.13 bits per heavy atom. The second-order valence-corrected chi connectivity index (χ2v) is 4.82. The Morgan fingerprint density at radius 1 is 1.40 bits per heavy atom. The van der Waals surface area contributed by atoms with E-state index in [2.05, 4.69) is 39.5 Å². The molecule has 0 saturated carbocycles. The zero-order valence-electron chi connectivity index (χ0n) is 10.0. The summed E-state index contributed by atoms with van der Waals surface area (Å²) in [6, 6.07) is 0. The van der Waals surface area contributed by atoms with Gasteiger partial charge in [-0.25, -0.2) is 0 Å². The van der Waals surface area contributed by atoms with Crippen molar-refractivity contribution >= 4 is 0 Å². The van der Waals surface area contributed by atoms with Crippen LogP contribution in [-0.2, 0) is 0 Å². The van der Waals surface area contributed by atoms with Crippen LogP contribution in [-0.4, -0.2) is 0 Å². The molecule has 2 rings (SSSR count). The predicted octanol–water partition coefficient (Wildman–Crippen LogP) is 4.42. The van der Waals surface area contributed by atoms with E-state index in [4.69, 9.17) is 0 Å². The van der Waals surface area contributed by atoms with Crippen LogP contribution >= 0.6 is 0 Å². The van der Waals surface area contributed by atoms with Gasteiger partial charge < -0.3 is 0 Å². The van der Waals surface area contributed by atoms with Gasteiger partial charge in [-0.3, -0.25) is 0 Å². The molecule has 0 aromatic heterocycles. The maximum absolute atomic E-state index is 3.93. The molecule has 0 spiro atoms. The number of hydrogen-bond donors (Lipinski definition) is 0. The molecule has 2 aliphatic carbocycles. The highest BCUT2D eigenvalue weighted by Crippen LogP contribution is 2.42. The molecule has 0 heteroatoms. The maximum Gasteiger partial charge on any atom is 0.00662 e. The van der Waals surface area contributed by atoms with Crippen molar-refractivity contribution < 1.29 is 0 Å². The van der Waals surface area contributed by atoms with Gasteiger partial charge in [0.05, 0.1) is 0 Å². The van der Waals surface area contributed by atoms with E-state index in [-0.39, 0.29) is 0 Å². The van der Waals surface area contributed by atoms with Crippen LogP contribution in [0.5, 0.6) is 0 Å². The first-order chi connectivity index (χ1) is 7.15. The van der Waals surface area contributed by atoms with Gasteiger partial charge in [0, 0.05) is 5.92 Å². The number of allylic oxidation sites excluding steroid dienone is 7. The van der Waals surface area contributed by atoms with Crippen molar-refractivity contribution in [3.8, 4) is 0 Å². The molecule has 0 nitrogen and oxygen atoms in total. The lowest BCUT2D eigenvalue weighted by molar-refractivity contribution is 0.652. The summed E-state index contributed by atoms with van der Waals surface area (Å²) in [4.78, 5) is 0. The molecule has 0 bridgehead atoms. The Balaban J connectivity index is 2.40. The lowest BCUT2D eigenvalue weighted by Gasteiger charge is -2.08. The summed E-state index contributed by atoms with van der Waals surface area (Å²) in [6.07, 6.45) is 9.25. The van der Waals surface area contributed by atoms with Crippen LogP contribution in [0.15, 0.2) is 47.1 Å². The molecule has 0 heterocycles. The molecule has 80 valence electrons. The maximum atomic E-state index is 3.93. The first-order valence-electron chi connectivity index (χ1n) is 5.90. The summed E-state index contributed by atoms with van der Waals surface area (Å²) in [5, 5.41) is 0. The average molecular weight is 200 g/mol. The minimum atomic E-state index is 0.555. The van der Waals surface area contributed by atoms with Crippen LogP contribution in [0.3, 0.4) is 0 Å². The van der Waals surface area contributed by atoms with Crippen molar-refractivity contribution in [1.29, 1.82) is 0 Å². The second kappa shape index (κ2) is 3.84. The molecule has 2 unspecified atom stereocenters. The molecule has 2 aliphatic rings. The molecule has 0 fully saturated rings. The summed E-state index contributed by atoms with van der Waals surface area (Å²) in [5.74, 6) is 1.28. The van der Waals surface area contributed by atoms with E-state index in [1.807, 2.05) is 6.08 Å². The van der Waals surface area contributed by atoms with Crippen molar-refractivity contribution in [3.63, 3.8) is 0 Å². The smallest absolute Gasteiger partial charge is 0.00662 e. The molecule has 2 atom stereocenters. The molecule has 0 saturated heterocycles. The van der Waals surface area contributed by atoms with Crippen molar-refractivity contribution in [1.82, 2.24) is 0 Å². The van der Waals surface area contributed by atoms with Crippen LogP contribution in [0.2, 0.25) is 0 Å². The predicted molar refractivity (Wildman–Crippen MR) is 66.6 cm³/mol. The van der Waals surface area contributed by atoms with Gasteiger partial charge in [-0.05, 0) is 48.0 Å². The summed E-state index contributed by atoms with van der Waals surface area (Å²) in [6.45, 7) is 10.8. The van der Waals surface area contributed by atoms with Gasteiger partial charge in [-0.2, -0.15) is 0 Å². The van der Waals surface area contributed by atoms with Crippen LogP contribution in [0.25, 0.3) is 0 Å². The van der Waals surface area contributed by atoms with E-state index in [0.717, 1.165) is 5.92 Å². The lowest BCUT2D eigenvalue weighted by atomic mass is 9.96. The van der Waals surface area contributed by atoms with E-state index in [1.165, 1.54) is 29.6 Å². The largest absolute Gasteiger partial charge is 0.0988 e. The van der Waals surface area contributed by atoms with Crippen LogP contribution < -0.4 is 0 Å². The summed E-state index contributed by atoms with van der Waals surface area (Å²) in [7, 11) is 0. The fourth-order valence-corrected chi connectivity index (χ4v) is 2.79. The van der Waals surface area contributed by atoms with Gasteiger partial charge in [0.1, 0.15) is 0 Å². The fourth-order valence-electron chi connectivity index (χ4n) is 2.79. The Labute approximate surface area is 93.1 Å². The first kappa shape index (κ1) is 10.5. The van der Waals surface area contributed by atoms with E-state index in [9.17, 15) is 0 Å². The quantitative estimate of drug-likeness (QED) is 0.587. The molecule has 0 radical (unpaired) electrons. The van der Waals surface area contributed by atoms with Gasteiger partial charge >= 0.3 is 0 Å². The second-order valence-electron chi connectivity index (χ2n) is 4.82. The van der Waals surface area contributed by atoms with Gasteiger partial charge in [0.25, 0.3) is 0 Å². The van der Waals surface area contributed by atoms with Gasteiger partial charge in [-0.1, -0.05) is 38.7 Å². The van der Waals surface area contributed by atoms with Gasteiger partial charge in [-0.15, -0.1) is 0 Å². The Morgan fingerprint density at radius 3 is 2.80 bits per heavy atom. The third-order valence-corrected chi connectivity index (χ3v) is 3.84. The van der Waals surface area contributed by atoms with Gasteiger partial charge in [0.2, 0.25) is 0 Å². The third kappa shape index (κ3) is 1.62. The Kier molecular flexibility index (Phi) is 2.68. The summed E-state index contributed by atoms with van der Waals surface area (Å²) >= 11 is 0. The van der Waals surface area contributed by atoms with E-state index in [1.54, 1.807) is 5.57 Å². The number of hydrogen-bond acceptors (Lipinski definition) is 0. The molecule has 0 N–H and O–H groups in total. The summed E-state index contributed by atoms with van der Waals surface area (Å²) < 4.78 is 0. The molecule has 0 aromatic rings. The highest BCUT2D eigenvalue weighted by atomic mass is 14.3. The SMILES string of the molecule is C=CC1=C(C)C2=C(C=CC(C)CC2)C1C. The van der Waals surface area contributed by atoms with E-state index in [0.29, 0.717) is 5.92 Å². The standard InChI is InChI=1S/C15H20/c1-5-13-11(3)14-8-6-10(2)7-9-15(14)12(13)4/h5-6,8,10-11H,1,7,9H2,2-4H3. The minimum Gasteiger partial charge on any atom is -0.0988 e. The zero-order valence-corrected chi connectivity index (χ0v) is 10.0. The fraction of sp³-hybridized carbons (Fsp3) is 0.467. The zero-order chi connectivity index (χ0) is 11.0. The third-order valence-electron chi connectivity index (χ3n) is 3.84. The highest BCUT2D eigenvalue weighted by molar-refractivity contribution is 5.55. The normalized spacial score (nSPS) is 30.6. The molecule has 15 heavy (non-hydrogen) atoms. The minimum absolute atomic E-state index is 0.555. The summed E-state index contributed by atoms with van der Waals surface area (Å²) in [5.41, 5.74) is 6.02. The molecular weight excluding hydrogens is 180 g/mol. The molecular formula is C15H20. The molecule has 0 aromatic carbocycles. The Hall–Kier alpha value is -1.04. The lowest BCUT2D eigenvalue weighted by Crippen LogP contribution is -1.95. The van der Waals surface area contributed by atoms with Crippen LogP contribution in [0.1, 0.15) is 33.6 Å².